The fourth-order valence-electron chi connectivity index (χ4n) is 0.448. The number of rotatable bonds is 1. The highest BCUT2D eigenvalue weighted by atomic mass is 16.7. The van der Waals surface area contributed by atoms with Crippen molar-refractivity contribution < 1.29 is 9.47 Å². The fraction of sp³-hybridized carbons (Fsp3) is 0.400. The maximum atomic E-state index is 4.82. The van der Waals surface area contributed by atoms with E-state index in [-0.39, 0.29) is 0 Å². The van der Waals surface area contributed by atoms with Gasteiger partial charge in [0.1, 0.15) is 0 Å². The molecule has 2 heteroatoms. The Labute approximate surface area is 42.7 Å². The van der Waals surface area contributed by atoms with Gasteiger partial charge in [-0.15, -0.1) is 0 Å². The van der Waals surface area contributed by atoms with E-state index in [1.54, 1.807) is 13.4 Å². The molecule has 0 saturated heterocycles. The van der Waals surface area contributed by atoms with Crippen molar-refractivity contribution in [3.05, 3.63) is 18.6 Å². The molecule has 0 spiro atoms. The highest BCUT2D eigenvalue weighted by Crippen LogP contribution is 2.15. The molecule has 1 heterocycles. The van der Waals surface area contributed by atoms with E-state index in [1.165, 1.54) is 0 Å². The molecule has 0 unspecified atom stereocenters. The van der Waals surface area contributed by atoms with E-state index in [4.69, 9.17) is 9.47 Å². The van der Waals surface area contributed by atoms with Gasteiger partial charge in [0.2, 0.25) is 0 Å². The number of methoxy groups -OCH3 is 1. The summed E-state index contributed by atoms with van der Waals surface area (Å²) in [5, 5.41) is 0. The van der Waals surface area contributed by atoms with Gasteiger partial charge in [-0.25, -0.2) is 0 Å². The zero-order valence-corrected chi connectivity index (χ0v) is 4.18. The normalized spacial score (nSPS) is 20.1. The standard InChI is InChI=1S/C5H7O2/c1-6-5-3-2-4-7-5/h2,4H,3H2,1H3. The van der Waals surface area contributed by atoms with E-state index < -0.39 is 0 Å². The lowest BCUT2D eigenvalue weighted by atomic mass is 10.4. The van der Waals surface area contributed by atoms with Gasteiger partial charge in [-0.1, -0.05) is 0 Å². The molecule has 1 aliphatic heterocycles. The van der Waals surface area contributed by atoms with Crippen LogP contribution in [0.1, 0.15) is 6.42 Å². The van der Waals surface area contributed by atoms with Crippen molar-refractivity contribution in [2.75, 3.05) is 7.11 Å². The molecule has 0 amide bonds. The molecule has 0 bridgehead atoms. The molecule has 0 aromatic carbocycles. The molecule has 0 atom stereocenters. The third-order valence-electron chi connectivity index (χ3n) is 0.808. The Morgan fingerprint density at radius 1 is 1.86 bits per heavy atom. The molecular formula is C5H7O2. The molecule has 0 fully saturated rings. The van der Waals surface area contributed by atoms with Crippen LogP contribution in [0.3, 0.4) is 0 Å². The minimum atomic E-state index is 0.681. The minimum absolute atomic E-state index is 0.681. The van der Waals surface area contributed by atoms with Crippen molar-refractivity contribution in [3.8, 4) is 0 Å². The van der Waals surface area contributed by atoms with Crippen LogP contribution in [0.5, 0.6) is 0 Å². The zero-order valence-electron chi connectivity index (χ0n) is 4.18. The van der Waals surface area contributed by atoms with Gasteiger partial charge in [-0.05, 0) is 6.08 Å². The average Bonchev–Trinajstić information content (AvgIpc) is 2.14. The lowest BCUT2D eigenvalue weighted by Crippen LogP contribution is -1.94. The Kier molecular flexibility index (Phi) is 1.32. The first-order valence-corrected chi connectivity index (χ1v) is 2.15. The van der Waals surface area contributed by atoms with Crippen LogP contribution in [0, 0.1) is 6.29 Å². The van der Waals surface area contributed by atoms with Gasteiger partial charge in [0, 0.05) is 13.5 Å². The van der Waals surface area contributed by atoms with Crippen LogP contribution in [-0.2, 0) is 9.47 Å². The molecule has 39 valence electrons. The maximum absolute atomic E-state index is 4.82. The molecule has 2 nitrogen and oxygen atoms in total. The van der Waals surface area contributed by atoms with Gasteiger partial charge in [-0.2, -0.15) is 0 Å². The smallest absolute Gasteiger partial charge is 0.279 e. The van der Waals surface area contributed by atoms with Gasteiger partial charge in [0.15, 0.2) is 0 Å². The molecule has 0 N–H and O–H groups in total. The SMILES string of the molecule is CO[C]1CC=CO1. The van der Waals surface area contributed by atoms with Crippen molar-refractivity contribution >= 4 is 0 Å². The molecular weight excluding hydrogens is 92.1 g/mol. The summed E-state index contributed by atoms with van der Waals surface area (Å²) in [6.07, 6.45) is 5.01. The predicted octanol–water partition coefficient (Wildman–Crippen LogP) is 1.06. The van der Waals surface area contributed by atoms with Crippen LogP contribution >= 0.6 is 0 Å². The van der Waals surface area contributed by atoms with Crippen LogP contribution in [-0.4, -0.2) is 7.11 Å². The minimum Gasteiger partial charge on any atom is -0.463 e. The number of ether oxygens (including phenoxy) is 2. The Bertz CT molecular complexity index is 70.1. The Morgan fingerprint density at radius 2 is 2.71 bits per heavy atom. The van der Waals surface area contributed by atoms with Crippen LogP contribution in [0.2, 0.25) is 0 Å². The molecule has 1 radical (unpaired) electrons. The zero-order chi connectivity index (χ0) is 5.11. The quantitative estimate of drug-likeness (QED) is 0.489. The van der Waals surface area contributed by atoms with E-state index in [0.29, 0.717) is 6.29 Å². The predicted molar refractivity (Wildman–Crippen MR) is 25.1 cm³/mol. The van der Waals surface area contributed by atoms with Crippen molar-refractivity contribution in [1.29, 1.82) is 0 Å². The summed E-state index contributed by atoms with van der Waals surface area (Å²) >= 11 is 0. The summed E-state index contributed by atoms with van der Waals surface area (Å²) in [5.74, 6) is 0. The van der Waals surface area contributed by atoms with Crippen molar-refractivity contribution in [3.63, 3.8) is 0 Å². The molecule has 0 aromatic heterocycles. The molecule has 1 rings (SSSR count). The van der Waals surface area contributed by atoms with Gasteiger partial charge >= 0.3 is 0 Å². The van der Waals surface area contributed by atoms with Crippen LogP contribution in [0.4, 0.5) is 0 Å². The summed E-state index contributed by atoms with van der Waals surface area (Å²) < 4.78 is 9.56. The molecule has 0 saturated carbocycles. The molecule has 7 heavy (non-hydrogen) atoms. The molecule has 0 aliphatic carbocycles. The van der Waals surface area contributed by atoms with E-state index in [1.807, 2.05) is 6.08 Å². The lowest BCUT2D eigenvalue weighted by Gasteiger charge is -2.01. The highest BCUT2D eigenvalue weighted by molar-refractivity contribution is 4.91. The number of hydrogen-bond acceptors (Lipinski definition) is 2. The summed E-state index contributed by atoms with van der Waals surface area (Å²) in [5.41, 5.74) is 0. The fourth-order valence-corrected chi connectivity index (χ4v) is 0.448. The summed E-state index contributed by atoms with van der Waals surface area (Å²) in [7, 11) is 1.60. The second kappa shape index (κ2) is 1.98. The summed E-state index contributed by atoms with van der Waals surface area (Å²) in [4.78, 5) is 0. The second-order valence-corrected chi connectivity index (χ2v) is 1.27. The number of hydrogen-bond donors (Lipinski definition) is 0. The Balaban J connectivity index is 2.22. The first-order valence-electron chi connectivity index (χ1n) is 2.15. The van der Waals surface area contributed by atoms with Crippen LogP contribution in [0.15, 0.2) is 12.3 Å². The largest absolute Gasteiger partial charge is 0.463 e. The average molecular weight is 99.1 g/mol. The van der Waals surface area contributed by atoms with Crippen LogP contribution < -0.4 is 0 Å². The van der Waals surface area contributed by atoms with Crippen LogP contribution in [0.25, 0.3) is 0 Å². The van der Waals surface area contributed by atoms with Gasteiger partial charge in [0.25, 0.3) is 6.29 Å². The van der Waals surface area contributed by atoms with Crippen molar-refractivity contribution in [2.24, 2.45) is 0 Å². The summed E-state index contributed by atoms with van der Waals surface area (Å²) in [6, 6.07) is 0. The molecule has 1 aliphatic rings. The van der Waals surface area contributed by atoms with Crippen molar-refractivity contribution in [1.82, 2.24) is 0 Å². The van der Waals surface area contributed by atoms with E-state index in [9.17, 15) is 0 Å². The lowest BCUT2D eigenvalue weighted by molar-refractivity contribution is 0.0393. The monoisotopic (exact) mass is 99.0 g/mol. The first-order chi connectivity index (χ1) is 3.43. The van der Waals surface area contributed by atoms with Gasteiger partial charge in [-0.3, -0.25) is 0 Å². The Morgan fingerprint density at radius 3 is 3.00 bits per heavy atom. The highest BCUT2D eigenvalue weighted by Gasteiger charge is 2.09. The first kappa shape index (κ1) is 4.65. The summed E-state index contributed by atoms with van der Waals surface area (Å²) in [6.45, 7) is 0. The van der Waals surface area contributed by atoms with Gasteiger partial charge in [0.05, 0.1) is 6.26 Å². The van der Waals surface area contributed by atoms with Crippen molar-refractivity contribution in [2.45, 2.75) is 6.42 Å². The topological polar surface area (TPSA) is 18.5 Å². The molecule has 0 aromatic rings. The van der Waals surface area contributed by atoms with E-state index >= 15 is 0 Å². The Hall–Kier alpha value is -0.500. The maximum Gasteiger partial charge on any atom is 0.279 e. The van der Waals surface area contributed by atoms with E-state index in [2.05, 4.69) is 0 Å². The van der Waals surface area contributed by atoms with E-state index in [0.717, 1.165) is 6.42 Å². The third kappa shape index (κ3) is 0.933. The second-order valence-electron chi connectivity index (χ2n) is 1.27. The third-order valence-corrected chi connectivity index (χ3v) is 0.808. The van der Waals surface area contributed by atoms with Gasteiger partial charge < -0.3 is 9.47 Å².